The molecule has 0 N–H and O–H groups in total. The van der Waals surface area contributed by atoms with Gasteiger partial charge < -0.3 is 13.9 Å². The molecule has 1 heterocycles. The van der Waals surface area contributed by atoms with Crippen LogP contribution in [0.5, 0.6) is 0 Å². The Balaban J connectivity index is 2.13. The minimum atomic E-state index is -1.90. The van der Waals surface area contributed by atoms with Gasteiger partial charge in [-0.15, -0.1) is 0 Å². The summed E-state index contributed by atoms with van der Waals surface area (Å²) in [6.45, 7) is 3.32. The van der Waals surface area contributed by atoms with Gasteiger partial charge in [0.1, 0.15) is 17.2 Å². The highest BCUT2D eigenvalue weighted by Crippen LogP contribution is 2.35. The van der Waals surface area contributed by atoms with Crippen LogP contribution >= 0.6 is 15.9 Å². The molecule has 162 valence electrons. The van der Waals surface area contributed by atoms with E-state index < -0.39 is 27.9 Å². The second-order valence-corrected chi connectivity index (χ2v) is 8.01. The van der Waals surface area contributed by atoms with Gasteiger partial charge in [-0.25, -0.2) is 14.0 Å². The average molecular weight is 491 g/mol. The van der Waals surface area contributed by atoms with Gasteiger partial charge in [-0.1, -0.05) is 34.1 Å². The summed E-state index contributed by atoms with van der Waals surface area (Å²) in [7, 11) is 0. The van der Waals surface area contributed by atoms with Crippen LogP contribution < -0.4 is 0 Å². The summed E-state index contributed by atoms with van der Waals surface area (Å²) >= 11 is 3.19. The fraction of sp³-hybridized carbons (Fsp3) is 0.261. The van der Waals surface area contributed by atoms with Gasteiger partial charge in [0.2, 0.25) is 4.32 Å². The van der Waals surface area contributed by atoms with E-state index in [9.17, 15) is 18.8 Å². The number of ketones is 1. The van der Waals surface area contributed by atoms with Gasteiger partial charge in [0.05, 0.1) is 18.8 Å². The summed E-state index contributed by atoms with van der Waals surface area (Å²) < 4.78 is 27.4. The third-order valence-electron chi connectivity index (χ3n) is 4.60. The van der Waals surface area contributed by atoms with Crippen LogP contribution in [-0.4, -0.2) is 35.3 Å². The minimum absolute atomic E-state index is 0.0487. The van der Waals surface area contributed by atoms with Crippen molar-refractivity contribution in [3.8, 4) is 0 Å². The molecule has 1 aromatic heterocycles. The Morgan fingerprint density at radius 1 is 0.968 bits per heavy atom. The molecule has 0 atom stereocenters. The van der Waals surface area contributed by atoms with Crippen molar-refractivity contribution in [2.75, 3.05) is 13.2 Å². The monoisotopic (exact) mass is 490 g/mol. The van der Waals surface area contributed by atoms with E-state index in [0.717, 1.165) is 0 Å². The van der Waals surface area contributed by atoms with Crippen molar-refractivity contribution in [2.24, 2.45) is 0 Å². The van der Waals surface area contributed by atoms with Gasteiger partial charge >= 0.3 is 11.9 Å². The Morgan fingerprint density at radius 2 is 1.55 bits per heavy atom. The Labute approximate surface area is 186 Å². The zero-order chi connectivity index (χ0) is 22.6. The van der Waals surface area contributed by atoms with Crippen LogP contribution in [0.3, 0.4) is 0 Å². The summed E-state index contributed by atoms with van der Waals surface area (Å²) in [5.41, 5.74) is 0.826. The molecule has 31 heavy (non-hydrogen) atoms. The molecular weight excluding hydrogens is 471 g/mol. The van der Waals surface area contributed by atoms with Gasteiger partial charge in [-0.2, -0.15) is 0 Å². The van der Waals surface area contributed by atoms with Crippen LogP contribution in [0, 0.1) is 5.82 Å². The molecule has 0 aliphatic rings. The number of carbonyl (C=O) groups excluding carboxylic acids is 3. The predicted molar refractivity (Wildman–Crippen MR) is 115 cm³/mol. The number of esters is 2. The second kappa shape index (κ2) is 9.43. The number of para-hydroxylation sites is 1. The fourth-order valence-electron chi connectivity index (χ4n) is 3.16. The first-order valence-electron chi connectivity index (χ1n) is 9.65. The normalized spacial score (nSPS) is 11.4. The fourth-order valence-corrected chi connectivity index (χ4v) is 3.64. The zero-order valence-corrected chi connectivity index (χ0v) is 18.5. The lowest BCUT2D eigenvalue weighted by Crippen LogP contribution is -2.45. The first kappa shape index (κ1) is 22.7. The summed E-state index contributed by atoms with van der Waals surface area (Å²) in [5, 5.41) is 0.509. The maximum Gasteiger partial charge on any atom is 0.334 e. The van der Waals surface area contributed by atoms with Gasteiger partial charge in [-0.05, 0) is 44.2 Å². The molecule has 0 saturated heterocycles. The van der Waals surface area contributed by atoms with E-state index in [4.69, 9.17) is 13.9 Å². The predicted octanol–water partition coefficient (Wildman–Crippen LogP) is 4.61. The van der Waals surface area contributed by atoms with Gasteiger partial charge in [0, 0.05) is 17.4 Å². The first-order chi connectivity index (χ1) is 14.8. The minimum Gasteiger partial charge on any atom is -0.464 e. The molecule has 0 amide bonds. The van der Waals surface area contributed by atoms with Crippen molar-refractivity contribution in [2.45, 2.75) is 24.6 Å². The van der Waals surface area contributed by atoms with Gasteiger partial charge in [0.25, 0.3) is 0 Å². The smallest absolute Gasteiger partial charge is 0.334 e. The van der Waals surface area contributed by atoms with E-state index in [2.05, 4.69) is 15.9 Å². The Hall–Kier alpha value is -3.00. The van der Waals surface area contributed by atoms with Crippen molar-refractivity contribution in [1.29, 1.82) is 0 Å². The summed E-state index contributed by atoms with van der Waals surface area (Å²) in [6.07, 6.45) is -0.318. The lowest BCUT2D eigenvalue weighted by molar-refractivity contribution is -0.158. The summed E-state index contributed by atoms with van der Waals surface area (Å²) in [5.74, 6) is -2.50. The second-order valence-electron chi connectivity index (χ2n) is 6.65. The number of furan rings is 1. The van der Waals surface area contributed by atoms with E-state index in [1.165, 1.54) is 24.3 Å². The van der Waals surface area contributed by atoms with Crippen molar-refractivity contribution < 1.29 is 32.7 Å². The highest BCUT2D eigenvalue weighted by molar-refractivity contribution is 9.10. The molecule has 3 rings (SSSR count). The lowest BCUT2D eigenvalue weighted by Gasteiger charge is -2.22. The number of benzene rings is 2. The number of rotatable bonds is 8. The van der Waals surface area contributed by atoms with E-state index in [-0.39, 0.29) is 36.5 Å². The van der Waals surface area contributed by atoms with Crippen LogP contribution in [0.2, 0.25) is 0 Å². The Kier molecular flexibility index (Phi) is 6.90. The molecule has 3 aromatic rings. The van der Waals surface area contributed by atoms with E-state index in [1.54, 1.807) is 38.1 Å². The number of fused-ring (bicyclic) bond motifs is 1. The molecular formula is C23H20BrFO6. The summed E-state index contributed by atoms with van der Waals surface area (Å²) in [4.78, 5) is 38.6. The zero-order valence-electron chi connectivity index (χ0n) is 16.9. The third-order valence-corrected chi connectivity index (χ3v) is 5.53. The van der Waals surface area contributed by atoms with Crippen molar-refractivity contribution >= 4 is 44.6 Å². The van der Waals surface area contributed by atoms with Crippen LogP contribution in [-0.2, 0) is 25.5 Å². The number of alkyl halides is 1. The molecule has 0 radical (unpaired) electrons. The maximum absolute atomic E-state index is 13.3. The van der Waals surface area contributed by atoms with Crippen molar-refractivity contribution in [3.05, 3.63) is 71.2 Å². The molecule has 8 heteroatoms. The number of hydrogen-bond donors (Lipinski definition) is 0. The van der Waals surface area contributed by atoms with Gasteiger partial charge in [0.15, 0.2) is 5.78 Å². The molecule has 0 aliphatic heterocycles. The number of carbonyl (C=O) groups is 3. The molecule has 0 bridgehead atoms. The molecule has 0 fully saturated rings. The molecule has 6 nitrogen and oxygen atoms in total. The first-order valence-corrected chi connectivity index (χ1v) is 10.4. The topological polar surface area (TPSA) is 82.8 Å². The van der Waals surface area contributed by atoms with Crippen LogP contribution in [0.15, 0.2) is 52.9 Å². The van der Waals surface area contributed by atoms with Gasteiger partial charge in [-0.3, -0.25) is 4.79 Å². The molecule has 0 unspecified atom stereocenters. The molecule has 2 aromatic carbocycles. The number of ether oxygens (including phenoxy) is 2. The van der Waals surface area contributed by atoms with E-state index in [0.29, 0.717) is 11.0 Å². The lowest BCUT2D eigenvalue weighted by atomic mass is 9.95. The van der Waals surface area contributed by atoms with E-state index >= 15 is 0 Å². The molecule has 0 saturated carbocycles. The van der Waals surface area contributed by atoms with Crippen LogP contribution in [0.1, 0.15) is 35.5 Å². The Morgan fingerprint density at radius 3 is 2.13 bits per heavy atom. The largest absolute Gasteiger partial charge is 0.464 e. The van der Waals surface area contributed by atoms with Crippen LogP contribution in [0.4, 0.5) is 4.39 Å². The highest BCUT2D eigenvalue weighted by atomic mass is 79.9. The van der Waals surface area contributed by atoms with Crippen molar-refractivity contribution in [3.63, 3.8) is 0 Å². The Bertz CT molecular complexity index is 1100. The quantitative estimate of drug-likeness (QED) is 0.198. The standard InChI is InChI=1S/C23H20BrFO6/c1-3-29-21(27)23(24,22(28)30-4-2)13-18-19(16-7-5-6-8-17(16)31-18)20(26)14-9-11-15(25)12-10-14/h5-12H,3-4,13H2,1-2H3. The van der Waals surface area contributed by atoms with E-state index in [1.807, 2.05) is 0 Å². The number of hydrogen-bond acceptors (Lipinski definition) is 6. The maximum atomic E-state index is 13.3. The van der Waals surface area contributed by atoms with Crippen molar-refractivity contribution in [1.82, 2.24) is 0 Å². The summed E-state index contributed by atoms with van der Waals surface area (Å²) in [6, 6.07) is 11.9. The third kappa shape index (κ3) is 4.54. The molecule has 0 spiro atoms. The molecule has 0 aliphatic carbocycles. The average Bonchev–Trinajstić information content (AvgIpc) is 3.11. The highest BCUT2D eigenvalue weighted by Gasteiger charge is 2.48. The number of halogens is 2. The van der Waals surface area contributed by atoms with Crippen LogP contribution in [0.25, 0.3) is 11.0 Å². The SMILES string of the molecule is CCOC(=O)C(Br)(Cc1oc2ccccc2c1C(=O)c1ccc(F)cc1)C(=O)OCC.